The van der Waals surface area contributed by atoms with Gasteiger partial charge in [-0.05, 0) is 39.0 Å². The fourth-order valence-corrected chi connectivity index (χ4v) is 2.73. The maximum Gasteiger partial charge on any atom is 0.0791 e. The molecule has 2 N–H and O–H groups in total. The van der Waals surface area contributed by atoms with Crippen LogP contribution in [0, 0.1) is 11.8 Å². The smallest absolute Gasteiger partial charge is 0.0791 e. The zero-order chi connectivity index (χ0) is 13.1. The molecule has 0 bridgehead atoms. The number of rotatable bonds is 4. The van der Waals surface area contributed by atoms with Gasteiger partial charge in [0.2, 0.25) is 0 Å². The van der Waals surface area contributed by atoms with Crippen LogP contribution in [0.4, 0.5) is 0 Å². The first-order chi connectivity index (χ1) is 7.76. The molecule has 0 radical (unpaired) electrons. The van der Waals surface area contributed by atoms with Gasteiger partial charge in [0.15, 0.2) is 0 Å². The molecule has 0 aromatic rings. The third kappa shape index (κ3) is 6.39. The zero-order valence-corrected chi connectivity index (χ0v) is 12.2. The minimum Gasteiger partial charge on any atom is -0.390 e. The summed E-state index contributed by atoms with van der Waals surface area (Å²) >= 11 is 0. The number of hydrogen-bond donors (Lipinski definition) is 2. The average molecular weight is 242 g/mol. The van der Waals surface area contributed by atoms with Crippen molar-refractivity contribution in [2.24, 2.45) is 11.8 Å². The van der Waals surface area contributed by atoms with Crippen LogP contribution in [0.25, 0.3) is 0 Å². The van der Waals surface area contributed by atoms with Crippen molar-refractivity contribution < 1.29 is 5.11 Å². The van der Waals surface area contributed by atoms with Crippen LogP contribution in [0.2, 0.25) is 0 Å². The quantitative estimate of drug-likeness (QED) is 0.788. The van der Waals surface area contributed by atoms with Gasteiger partial charge in [0.05, 0.1) is 6.10 Å². The second-order valence-electron chi connectivity index (χ2n) is 6.95. The van der Waals surface area contributed by atoms with E-state index in [1.54, 1.807) is 0 Å². The minimum atomic E-state index is -0.258. The van der Waals surface area contributed by atoms with Gasteiger partial charge in [-0.15, -0.1) is 0 Å². The Hall–Kier alpha value is -0.120. The molecule has 0 aromatic carbocycles. The highest BCUT2D eigenvalue weighted by molar-refractivity contribution is 4.79. The molecule has 0 aromatic heterocycles. The number of likely N-dealkylation sites (tertiary alicyclic amines) is 1. The SMILES string of the molecule is CC1CC(C)CN(CC(O)CNC(C)(C)C)C1. The lowest BCUT2D eigenvalue weighted by molar-refractivity contribution is 0.0667. The molecule has 1 aliphatic rings. The predicted octanol–water partition coefficient (Wildman–Crippen LogP) is 1.71. The lowest BCUT2D eigenvalue weighted by Gasteiger charge is -2.36. The lowest BCUT2D eigenvalue weighted by atomic mass is 9.92. The van der Waals surface area contributed by atoms with E-state index in [4.69, 9.17) is 0 Å². The Morgan fingerprint density at radius 1 is 1.24 bits per heavy atom. The van der Waals surface area contributed by atoms with Crippen molar-refractivity contribution in [3.63, 3.8) is 0 Å². The van der Waals surface area contributed by atoms with Gasteiger partial charge in [0.25, 0.3) is 0 Å². The van der Waals surface area contributed by atoms with Crippen molar-refractivity contribution in [1.82, 2.24) is 10.2 Å². The van der Waals surface area contributed by atoms with Crippen LogP contribution in [0.3, 0.4) is 0 Å². The van der Waals surface area contributed by atoms with Crippen LogP contribution < -0.4 is 5.32 Å². The van der Waals surface area contributed by atoms with E-state index in [1.807, 2.05) is 0 Å². The number of aliphatic hydroxyl groups is 1. The van der Waals surface area contributed by atoms with E-state index in [0.29, 0.717) is 6.54 Å². The van der Waals surface area contributed by atoms with Crippen molar-refractivity contribution in [3.8, 4) is 0 Å². The Labute approximate surface area is 107 Å². The van der Waals surface area contributed by atoms with Gasteiger partial charge in [-0.1, -0.05) is 13.8 Å². The zero-order valence-electron chi connectivity index (χ0n) is 12.2. The van der Waals surface area contributed by atoms with Crippen molar-refractivity contribution in [1.29, 1.82) is 0 Å². The topological polar surface area (TPSA) is 35.5 Å². The Kier molecular flexibility index (Phi) is 5.42. The Bertz CT molecular complexity index is 215. The summed E-state index contributed by atoms with van der Waals surface area (Å²) < 4.78 is 0. The summed E-state index contributed by atoms with van der Waals surface area (Å²) in [4.78, 5) is 2.41. The summed E-state index contributed by atoms with van der Waals surface area (Å²) in [7, 11) is 0. The highest BCUT2D eigenvalue weighted by atomic mass is 16.3. The van der Waals surface area contributed by atoms with E-state index >= 15 is 0 Å². The van der Waals surface area contributed by atoms with Gasteiger partial charge in [-0.25, -0.2) is 0 Å². The van der Waals surface area contributed by atoms with Crippen LogP contribution >= 0.6 is 0 Å². The van der Waals surface area contributed by atoms with Crippen LogP contribution in [0.1, 0.15) is 41.0 Å². The van der Waals surface area contributed by atoms with Crippen LogP contribution in [0.5, 0.6) is 0 Å². The molecular weight excluding hydrogens is 212 g/mol. The van der Waals surface area contributed by atoms with E-state index in [9.17, 15) is 5.11 Å². The fraction of sp³-hybridized carbons (Fsp3) is 1.00. The molecule has 3 atom stereocenters. The molecule has 3 heteroatoms. The lowest BCUT2D eigenvalue weighted by Crippen LogP contribution is -2.47. The minimum absolute atomic E-state index is 0.0868. The Morgan fingerprint density at radius 2 is 1.76 bits per heavy atom. The van der Waals surface area contributed by atoms with Gasteiger partial charge in [0, 0.05) is 31.7 Å². The third-order valence-electron chi connectivity index (χ3n) is 3.28. The second kappa shape index (κ2) is 6.17. The molecule has 1 fully saturated rings. The largest absolute Gasteiger partial charge is 0.390 e. The van der Waals surface area contributed by atoms with Gasteiger partial charge >= 0.3 is 0 Å². The Balaban J connectivity index is 2.28. The summed E-state index contributed by atoms with van der Waals surface area (Å²) in [6, 6.07) is 0. The fourth-order valence-electron chi connectivity index (χ4n) is 2.73. The molecule has 17 heavy (non-hydrogen) atoms. The maximum atomic E-state index is 10.0. The predicted molar refractivity (Wildman–Crippen MR) is 73.1 cm³/mol. The van der Waals surface area contributed by atoms with Crippen LogP contribution in [-0.2, 0) is 0 Å². The van der Waals surface area contributed by atoms with E-state index in [2.05, 4.69) is 44.8 Å². The van der Waals surface area contributed by atoms with E-state index in [-0.39, 0.29) is 11.6 Å². The monoisotopic (exact) mass is 242 g/mol. The molecule has 0 aliphatic carbocycles. The van der Waals surface area contributed by atoms with E-state index in [0.717, 1.165) is 31.5 Å². The molecule has 0 amide bonds. The molecule has 0 spiro atoms. The second-order valence-corrected chi connectivity index (χ2v) is 6.95. The van der Waals surface area contributed by atoms with Gasteiger partial charge in [-0.2, -0.15) is 0 Å². The van der Waals surface area contributed by atoms with Crippen LogP contribution in [0.15, 0.2) is 0 Å². The van der Waals surface area contributed by atoms with Crippen molar-refractivity contribution in [3.05, 3.63) is 0 Å². The third-order valence-corrected chi connectivity index (χ3v) is 3.28. The number of hydrogen-bond acceptors (Lipinski definition) is 3. The first-order valence-corrected chi connectivity index (χ1v) is 6.91. The standard InChI is InChI=1S/C14H30N2O/c1-11-6-12(2)9-16(8-11)10-13(17)7-15-14(3,4)5/h11-13,15,17H,6-10H2,1-5H3. The first-order valence-electron chi connectivity index (χ1n) is 6.91. The van der Waals surface area contributed by atoms with Gasteiger partial charge in [-0.3, -0.25) is 0 Å². The molecule has 1 rings (SSSR count). The summed E-state index contributed by atoms with van der Waals surface area (Å²) in [5, 5.41) is 13.4. The van der Waals surface area contributed by atoms with Gasteiger partial charge in [0.1, 0.15) is 0 Å². The van der Waals surface area contributed by atoms with Crippen molar-refractivity contribution >= 4 is 0 Å². The maximum absolute atomic E-state index is 10.0. The summed E-state index contributed by atoms with van der Waals surface area (Å²) in [5.41, 5.74) is 0.0868. The molecule has 3 nitrogen and oxygen atoms in total. The number of nitrogens with zero attached hydrogens (tertiary/aromatic N) is 1. The molecule has 1 saturated heterocycles. The molecule has 102 valence electrons. The van der Waals surface area contributed by atoms with E-state index in [1.165, 1.54) is 6.42 Å². The Morgan fingerprint density at radius 3 is 2.24 bits per heavy atom. The number of nitrogens with one attached hydrogen (secondary N) is 1. The molecule has 3 unspecified atom stereocenters. The summed E-state index contributed by atoms with van der Waals surface area (Å²) in [6.07, 6.45) is 1.07. The molecule has 0 saturated carbocycles. The van der Waals surface area contributed by atoms with E-state index < -0.39 is 0 Å². The van der Waals surface area contributed by atoms with Crippen molar-refractivity contribution in [2.45, 2.75) is 52.7 Å². The normalized spacial score (nSPS) is 29.3. The highest BCUT2D eigenvalue weighted by Crippen LogP contribution is 2.20. The first kappa shape index (κ1) is 14.9. The number of β-amino-alcohol motifs (C(OH)–C–C–N with tert-alkyl or cyclic N) is 1. The van der Waals surface area contributed by atoms with Crippen molar-refractivity contribution in [2.75, 3.05) is 26.2 Å². The van der Waals surface area contributed by atoms with Gasteiger partial charge < -0.3 is 15.3 Å². The van der Waals surface area contributed by atoms with Crippen LogP contribution in [-0.4, -0.2) is 47.8 Å². The molecule has 1 heterocycles. The summed E-state index contributed by atoms with van der Waals surface area (Å²) in [6.45, 7) is 14.8. The molecule has 1 aliphatic heterocycles. The summed E-state index contributed by atoms with van der Waals surface area (Å²) in [5.74, 6) is 1.53. The molecular formula is C14H30N2O. The number of piperidine rings is 1. The number of aliphatic hydroxyl groups excluding tert-OH is 1. The average Bonchev–Trinajstić information content (AvgIpc) is 2.11. The highest BCUT2D eigenvalue weighted by Gasteiger charge is 2.23.